The van der Waals surface area contributed by atoms with Gasteiger partial charge in [-0.3, -0.25) is 4.79 Å². The Morgan fingerprint density at radius 1 is 1.44 bits per heavy atom. The molecule has 0 bridgehead atoms. The summed E-state index contributed by atoms with van der Waals surface area (Å²) in [6.07, 6.45) is 3.47. The fourth-order valence-electron chi connectivity index (χ4n) is 1.74. The average Bonchev–Trinajstić information content (AvgIpc) is 2.37. The molecule has 1 aromatic rings. The van der Waals surface area contributed by atoms with Crippen molar-refractivity contribution in [3.05, 3.63) is 22.3 Å². The molecule has 0 spiro atoms. The van der Waals surface area contributed by atoms with E-state index in [1.807, 2.05) is 4.90 Å². The molecule has 0 radical (unpaired) electrons. The number of hydrazine groups is 1. The molecule has 1 amide bonds. The van der Waals surface area contributed by atoms with Gasteiger partial charge in [-0.15, -0.1) is 0 Å². The van der Waals surface area contributed by atoms with Crippen molar-refractivity contribution >= 4 is 27.7 Å². The zero-order valence-corrected chi connectivity index (χ0v) is 12.3. The van der Waals surface area contributed by atoms with Crippen LogP contribution in [0.25, 0.3) is 0 Å². The Labute approximate surface area is 116 Å². The van der Waals surface area contributed by atoms with Gasteiger partial charge >= 0.3 is 0 Å². The predicted octanol–water partition coefficient (Wildman–Crippen LogP) is 2.39. The van der Waals surface area contributed by atoms with Gasteiger partial charge in [0.05, 0.1) is 5.56 Å². The summed E-state index contributed by atoms with van der Waals surface area (Å²) in [6.45, 7) is 5.58. The van der Waals surface area contributed by atoms with E-state index in [9.17, 15) is 4.79 Å². The fourth-order valence-corrected chi connectivity index (χ4v) is 2.07. The van der Waals surface area contributed by atoms with Crippen LogP contribution in [-0.2, 0) is 0 Å². The number of carbonyl (C=O) groups is 1. The van der Waals surface area contributed by atoms with Crippen molar-refractivity contribution in [1.29, 1.82) is 0 Å². The number of anilines is 1. The monoisotopic (exact) mass is 314 g/mol. The number of nitrogens with zero attached hydrogens (tertiary/aromatic N) is 2. The van der Waals surface area contributed by atoms with E-state index in [-0.39, 0.29) is 5.91 Å². The molecule has 100 valence electrons. The molecular weight excluding hydrogens is 296 g/mol. The molecule has 1 heterocycles. The summed E-state index contributed by atoms with van der Waals surface area (Å²) < 4.78 is 0.762. The highest BCUT2D eigenvalue weighted by Gasteiger charge is 2.18. The van der Waals surface area contributed by atoms with E-state index in [1.165, 1.54) is 0 Å². The Bertz CT molecular complexity index is 405. The largest absolute Gasteiger partial charge is 0.339 e. The maximum absolute atomic E-state index is 12.4. The smallest absolute Gasteiger partial charge is 0.257 e. The number of hydrogen-bond acceptors (Lipinski definition) is 4. The second kappa shape index (κ2) is 7.33. The number of amides is 1. The molecule has 0 atom stereocenters. The third-order valence-electron chi connectivity index (χ3n) is 2.50. The summed E-state index contributed by atoms with van der Waals surface area (Å²) in [4.78, 5) is 18.3. The average molecular weight is 315 g/mol. The van der Waals surface area contributed by atoms with Crippen LogP contribution in [0.1, 0.15) is 37.0 Å². The summed E-state index contributed by atoms with van der Waals surface area (Å²) in [5, 5.41) is 0. The molecule has 0 unspecified atom stereocenters. The lowest BCUT2D eigenvalue weighted by Gasteiger charge is -2.22. The summed E-state index contributed by atoms with van der Waals surface area (Å²) in [6, 6.07) is 1.74. The Morgan fingerprint density at radius 2 is 2.06 bits per heavy atom. The molecule has 0 aliphatic rings. The first-order valence-electron chi connectivity index (χ1n) is 6.05. The molecule has 1 aromatic heterocycles. The zero-order chi connectivity index (χ0) is 13.5. The normalized spacial score (nSPS) is 10.2. The van der Waals surface area contributed by atoms with Gasteiger partial charge in [0.2, 0.25) is 0 Å². The second-order valence-electron chi connectivity index (χ2n) is 3.99. The Kier molecular flexibility index (Phi) is 6.07. The number of halogens is 1. The number of hydrogen-bond donors (Lipinski definition) is 2. The highest BCUT2D eigenvalue weighted by Crippen LogP contribution is 2.19. The van der Waals surface area contributed by atoms with Crippen molar-refractivity contribution in [1.82, 2.24) is 9.88 Å². The highest BCUT2D eigenvalue weighted by atomic mass is 79.9. The molecule has 1 rings (SSSR count). The third-order valence-corrected chi connectivity index (χ3v) is 2.93. The van der Waals surface area contributed by atoms with E-state index >= 15 is 0 Å². The lowest BCUT2D eigenvalue weighted by atomic mass is 10.2. The second-order valence-corrected chi connectivity index (χ2v) is 4.90. The predicted molar refractivity (Wildman–Crippen MR) is 76.2 cm³/mol. The van der Waals surface area contributed by atoms with Crippen LogP contribution in [0.3, 0.4) is 0 Å². The minimum atomic E-state index is -0.0412. The molecule has 0 aliphatic carbocycles. The van der Waals surface area contributed by atoms with Crippen molar-refractivity contribution in [2.24, 2.45) is 5.84 Å². The Morgan fingerprint density at radius 3 is 2.56 bits per heavy atom. The van der Waals surface area contributed by atoms with Gasteiger partial charge in [0.15, 0.2) is 5.82 Å². The molecule has 0 aromatic carbocycles. The number of rotatable bonds is 6. The summed E-state index contributed by atoms with van der Waals surface area (Å²) in [7, 11) is 0. The molecule has 0 aliphatic heterocycles. The first-order valence-corrected chi connectivity index (χ1v) is 6.84. The number of nitrogens with two attached hydrogens (primary N) is 1. The van der Waals surface area contributed by atoms with Crippen LogP contribution in [0, 0.1) is 0 Å². The molecule has 3 N–H and O–H groups in total. The SMILES string of the molecule is CCCN(CCC)C(=O)c1cc(Br)cnc1NN. The van der Waals surface area contributed by atoms with Crippen molar-refractivity contribution in [3.63, 3.8) is 0 Å². The molecule has 0 saturated heterocycles. The third kappa shape index (κ3) is 3.68. The van der Waals surface area contributed by atoms with Crippen LogP contribution >= 0.6 is 15.9 Å². The van der Waals surface area contributed by atoms with Gasteiger partial charge < -0.3 is 10.3 Å². The van der Waals surface area contributed by atoms with Crippen LogP contribution < -0.4 is 11.3 Å². The standard InChI is InChI=1S/C12H19BrN4O/c1-3-5-17(6-4-2)12(18)10-7-9(13)8-15-11(10)16-14/h7-8H,3-6,14H2,1-2H3,(H,15,16). The van der Waals surface area contributed by atoms with E-state index in [0.29, 0.717) is 11.4 Å². The van der Waals surface area contributed by atoms with E-state index < -0.39 is 0 Å². The Hall–Kier alpha value is -1.14. The van der Waals surface area contributed by atoms with Crippen molar-refractivity contribution in [2.45, 2.75) is 26.7 Å². The highest BCUT2D eigenvalue weighted by molar-refractivity contribution is 9.10. The number of aromatic nitrogens is 1. The first-order chi connectivity index (χ1) is 8.63. The van der Waals surface area contributed by atoms with Crippen molar-refractivity contribution in [3.8, 4) is 0 Å². The fraction of sp³-hybridized carbons (Fsp3) is 0.500. The minimum Gasteiger partial charge on any atom is -0.339 e. The topological polar surface area (TPSA) is 71.2 Å². The van der Waals surface area contributed by atoms with Crippen LogP contribution in [0.5, 0.6) is 0 Å². The van der Waals surface area contributed by atoms with E-state index in [1.54, 1.807) is 12.3 Å². The van der Waals surface area contributed by atoms with Gasteiger partial charge in [-0.2, -0.15) is 0 Å². The lowest BCUT2D eigenvalue weighted by Crippen LogP contribution is -2.33. The van der Waals surface area contributed by atoms with Gasteiger partial charge in [0, 0.05) is 23.8 Å². The Balaban J connectivity index is 3.02. The van der Waals surface area contributed by atoms with Crippen LogP contribution in [0.4, 0.5) is 5.82 Å². The van der Waals surface area contributed by atoms with Crippen LogP contribution in [0.15, 0.2) is 16.7 Å². The summed E-state index contributed by atoms with van der Waals surface area (Å²) >= 11 is 3.32. The van der Waals surface area contributed by atoms with Gasteiger partial charge in [-0.1, -0.05) is 13.8 Å². The molecule has 5 nitrogen and oxygen atoms in total. The van der Waals surface area contributed by atoms with E-state index in [4.69, 9.17) is 5.84 Å². The van der Waals surface area contributed by atoms with Gasteiger partial charge in [0.1, 0.15) is 0 Å². The molecular formula is C12H19BrN4O. The van der Waals surface area contributed by atoms with Gasteiger partial charge in [-0.25, -0.2) is 10.8 Å². The van der Waals surface area contributed by atoms with Gasteiger partial charge in [-0.05, 0) is 34.8 Å². The van der Waals surface area contributed by atoms with E-state index in [0.717, 1.165) is 30.4 Å². The van der Waals surface area contributed by atoms with Gasteiger partial charge in [0.25, 0.3) is 5.91 Å². The lowest BCUT2D eigenvalue weighted by molar-refractivity contribution is 0.0756. The molecule has 6 heteroatoms. The summed E-state index contributed by atoms with van der Waals surface area (Å²) in [5.74, 6) is 5.75. The number of carbonyl (C=O) groups excluding carboxylic acids is 1. The quantitative estimate of drug-likeness (QED) is 0.624. The van der Waals surface area contributed by atoms with E-state index in [2.05, 4.69) is 40.2 Å². The molecule has 0 fully saturated rings. The zero-order valence-electron chi connectivity index (χ0n) is 10.7. The van der Waals surface area contributed by atoms with Crippen LogP contribution in [0.2, 0.25) is 0 Å². The summed E-state index contributed by atoms with van der Waals surface area (Å²) in [5.41, 5.74) is 2.96. The molecule has 0 saturated carbocycles. The number of pyridine rings is 1. The number of nitrogens with one attached hydrogen (secondary N) is 1. The maximum atomic E-state index is 12.4. The number of nitrogen functional groups attached to an aromatic ring is 1. The van der Waals surface area contributed by atoms with Crippen molar-refractivity contribution in [2.75, 3.05) is 18.5 Å². The molecule has 18 heavy (non-hydrogen) atoms. The maximum Gasteiger partial charge on any atom is 0.257 e. The first kappa shape index (κ1) is 14.9. The van der Waals surface area contributed by atoms with Crippen molar-refractivity contribution < 1.29 is 4.79 Å². The van der Waals surface area contributed by atoms with Crippen LogP contribution in [-0.4, -0.2) is 28.9 Å². The minimum absolute atomic E-state index is 0.0412.